The van der Waals surface area contributed by atoms with Gasteiger partial charge in [-0.25, -0.2) is 8.42 Å². The lowest BCUT2D eigenvalue weighted by Crippen LogP contribution is -2.16. The summed E-state index contributed by atoms with van der Waals surface area (Å²) in [5.74, 6) is 0.137. The Morgan fingerprint density at radius 1 is 1.13 bits per heavy atom. The Kier molecular flexibility index (Phi) is 4.34. The Bertz CT molecular complexity index is 902. The summed E-state index contributed by atoms with van der Waals surface area (Å²) in [5.41, 5.74) is 3.24. The van der Waals surface area contributed by atoms with Crippen LogP contribution in [0, 0.1) is 0 Å². The zero-order chi connectivity index (χ0) is 16.3. The Hall–Kier alpha value is -2.34. The van der Waals surface area contributed by atoms with Gasteiger partial charge in [0.15, 0.2) is 0 Å². The van der Waals surface area contributed by atoms with Crippen LogP contribution in [0.15, 0.2) is 48.5 Å². The van der Waals surface area contributed by atoms with Gasteiger partial charge in [0, 0.05) is 16.6 Å². The maximum Gasteiger partial charge on any atom is 0.232 e. The van der Waals surface area contributed by atoms with Gasteiger partial charge in [-0.1, -0.05) is 43.7 Å². The van der Waals surface area contributed by atoms with Gasteiger partial charge >= 0.3 is 0 Å². The van der Waals surface area contributed by atoms with Gasteiger partial charge in [0.2, 0.25) is 10.0 Å². The van der Waals surface area contributed by atoms with Crippen molar-refractivity contribution in [2.24, 2.45) is 0 Å². The van der Waals surface area contributed by atoms with E-state index in [1.54, 1.807) is 6.07 Å². The molecule has 0 aliphatic rings. The van der Waals surface area contributed by atoms with Crippen LogP contribution >= 0.6 is 0 Å². The molecule has 3 aromatic rings. The number of sulfonamides is 1. The molecule has 0 unspecified atom stereocenters. The highest BCUT2D eigenvalue weighted by atomic mass is 32.2. The number of nitrogens with one attached hydrogen (secondary N) is 2. The molecule has 23 heavy (non-hydrogen) atoms. The van der Waals surface area contributed by atoms with Crippen LogP contribution in [0.25, 0.3) is 22.2 Å². The second-order valence-corrected chi connectivity index (χ2v) is 7.31. The molecule has 5 nitrogen and oxygen atoms in total. The first-order valence-electron chi connectivity index (χ1n) is 7.63. The summed E-state index contributed by atoms with van der Waals surface area (Å²) in [6.07, 6.45) is 1.50. The fourth-order valence-electron chi connectivity index (χ4n) is 2.46. The van der Waals surface area contributed by atoms with Gasteiger partial charge in [-0.05, 0) is 24.6 Å². The molecule has 0 aliphatic heterocycles. The van der Waals surface area contributed by atoms with Gasteiger partial charge in [0.05, 0.1) is 17.0 Å². The van der Waals surface area contributed by atoms with Crippen molar-refractivity contribution in [2.45, 2.75) is 19.8 Å². The molecular weight excluding hydrogens is 310 g/mol. The van der Waals surface area contributed by atoms with Gasteiger partial charge in [0.25, 0.3) is 0 Å². The van der Waals surface area contributed by atoms with Crippen molar-refractivity contribution in [3.63, 3.8) is 0 Å². The molecule has 120 valence electrons. The zero-order valence-corrected chi connectivity index (χ0v) is 13.7. The van der Waals surface area contributed by atoms with Crippen molar-refractivity contribution in [1.29, 1.82) is 0 Å². The van der Waals surface area contributed by atoms with Crippen LogP contribution in [0.4, 0.5) is 5.69 Å². The zero-order valence-electron chi connectivity index (χ0n) is 12.9. The van der Waals surface area contributed by atoms with Gasteiger partial charge in [-0.3, -0.25) is 9.82 Å². The second kappa shape index (κ2) is 6.42. The quantitative estimate of drug-likeness (QED) is 0.723. The average molecular weight is 329 g/mol. The van der Waals surface area contributed by atoms with Crippen molar-refractivity contribution in [3.05, 3.63) is 48.5 Å². The fourth-order valence-corrected chi connectivity index (χ4v) is 3.72. The third-order valence-electron chi connectivity index (χ3n) is 3.65. The summed E-state index contributed by atoms with van der Waals surface area (Å²) in [7, 11) is -3.31. The van der Waals surface area contributed by atoms with Crippen molar-refractivity contribution in [3.8, 4) is 11.3 Å². The Balaban J connectivity index is 1.95. The van der Waals surface area contributed by atoms with E-state index in [-0.39, 0.29) is 5.75 Å². The molecule has 3 rings (SSSR count). The summed E-state index contributed by atoms with van der Waals surface area (Å²) in [6, 6.07) is 15.2. The van der Waals surface area contributed by atoms with Gasteiger partial charge in [-0.15, -0.1) is 0 Å². The average Bonchev–Trinajstić information content (AvgIpc) is 2.96. The lowest BCUT2D eigenvalue weighted by Gasteiger charge is -2.07. The highest BCUT2D eigenvalue weighted by molar-refractivity contribution is 7.92. The summed E-state index contributed by atoms with van der Waals surface area (Å²) >= 11 is 0. The summed E-state index contributed by atoms with van der Waals surface area (Å²) in [4.78, 5) is 0. The fraction of sp³-hybridized carbons (Fsp3) is 0.235. The summed E-state index contributed by atoms with van der Waals surface area (Å²) < 4.78 is 26.8. The first-order chi connectivity index (χ1) is 11.1. The van der Waals surface area contributed by atoms with E-state index in [4.69, 9.17) is 0 Å². The minimum absolute atomic E-state index is 0.137. The van der Waals surface area contributed by atoms with Crippen molar-refractivity contribution >= 4 is 26.6 Å². The van der Waals surface area contributed by atoms with Gasteiger partial charge < -0.3 is 0 Å². The van der Waals surface area contributed by atoms with Crippen LogP contribution in [0.2, 0.25) is 0 Å². The molecule has 0 spiro atoms. The van der Waals surface area contributed by atoms with Crippen LogP contribution in [0.3, 0.4) is 0 Å². The van der Waals surface area contributed by atoms with E-state index in [1.807, 2.05) is 49.4 Å². The number of aromatic nitrogens is 2. The first-order valence-corrected chi connectivity index (χ1v) is 9.28. The molecule has 6 heteroatoms. The molecule has 1 heterocycles. The summed E-state index contributed by atoms with van der Waals surface area (Å²) in [6.45, 7) is 1.97. The van der Waals surface area contributed by atoms with E-state index in [0.717, 1.165) is 28.6 Å². The Morgan fingerprint density at radius 3 is 2.65 bits per heavy atom. The number of fused-ring (bicyclic) bond motifs is 1. The highest BCUT2D eigenvalue weighted by Gasteiger charge is 2.12. The van der Waals surface area contributed by atoms with E-state index in [1.165, 1.54) is 0 Å². The molecule has 0 saturated heterocycles. The minimum Gasteiger partial charge on any atom is -0.284 e. The van der Waals surface area contributed by atoms with Crippen molar-refractivity contribution in [1.82, 2.24) is 10.2 Å². The van der Waals surface area contributed by atoms with E-state index in [2.05, 4.69) is 14.9 Å². The molecule has 0 fully saturated rings. The van der Waals surface area contributed by atoms with Crippen molar-refractivity contribution < 1.29 is 8.42 Å². The molecule has 0 aliphatic carbocycles. The highest BCUT2D eigenvalue weighted by Crippen LogP contribution is 2.28. The standard InChI is InChI=1S/C17H19N3O2S/c1-2-3-11-23(21,22)20-14-9-10-16-15(12-14)17(19-18-16)13-7-5-4-6-8-13/h4-10,12,20H,2-3,11H2,1H3,(H,18,19). The van der Waals surface area contributed by atoms with E-state index >= 15 is 0 Å². The number of aromatic amines is 1. The Labute approximate surface area is 135 Å². The lowest BCUT2D eigenvalue weighted by molar-refractivity contribution is 0.598. The number of hydrogen-bond donors (Lipinski definition) is 2. The molecule has 0 bridgehead atoms. The molecular formula is C17H19N3O2S. The maximum atomic E-state index is 12.1. The SMILES string of the molecule is CCCCS(=O)(=O)Nc1ccc2[nH]nc(-c3ccccc3)c2c1. The number of hydrogen-bond acceptors (Lipinski definition) is 3. The van der Waals surface area contributed by atoms with Crippen LogP contribution in [0.5, 0.6) is 0 Å². The smallest absolute Gasteiger partial charge is 0.232 e. The number of nitrogens with zero attached hydrogens (tertiary/aromatic N) is 1. The predicted octanol–water partition coefficient (Wildman–Crippen LogP) is 3.77. The Morgan fingerprint density at radius 2 is 1.91 bits per heavy atom. The molecule has 0 saturated carbocycles. The molecule has 2 aromatic carbocycles. The van der Waals surface area contributed by atoms with Crippen molar-refractivity contribution in [2.75, 3.05) is 10.5 Å². The van der Waals surface area contributed by atoms with Gasteiger partial charge in [-0.2, -0.15) is 5.10 Å². The normalized spacial score (nSPS) is 11.7. The van der Waals surface area contributed by atoms with E-state index < -0.39 is 10.0 Å². The van der Waals surface area contributed by atoms with E-state index in [9.17, 15) is 8.42 Å². The van der Waals surface area contributed by atoms with Gasteiger partial charge in [0.1, 0.15) is 0 Å². The molecule has 0 atom stereocenters. The summed E-state index contributed by atoms with van der Waals surface area (Å²) in [5, 5.41) is 8.23. The minimum atomic E-state index is -3.31. The monoisotopic (exact) mass is 329 g/mol. The predicted molar refractivity (Wildman–Crippen MR) is 93.8 cm³/mol. The third kappa shape index (κ3) is 3.53. The second-order valence-electron chi connectivity index (χ2n) is 5.47. The number of anilines is 1. The lowest BCUT2D eigenvalue weighted by atomic mass is 10.1. The number of H-pyrrole nitrogens is 1. The molecule has 0 radical (unpaired) electrons. The third-order valence-corrected chi connectivity index (χ3v) is 5.02. The van der Waals surface area contributed by atoms with Crippen LogP contribution in [-0.4, -0.2) is 24.4 Å². The largest absolute Gasteiger partial charge is 0.284 e. The first kappa shape index (κ1) is 15.6. The molecule has 1 aromatic heterocycles. The number of unbranched alkanes of at least 4 members (excludes halogenated alkanes) is 1. The maximum absolute atomic E-state index is 12.1. The number of rotatable bonds is 6. The molecule has 2 N–H and O–H groups in total. The number of benzene rings is 2. The molecule has 0 amide bonds. The van der Waals surface area contributed by atoms with E-state index in [0.29, 0.717) is 12.1 Å². The van der Waals surface area contributed by atoms with Crippen LogP contribution < -0.4 is 4.72 Å². The topological polar surface area (TPSA) is 74.8 Å². The van der Waals surface area contributed by atoms with Crippen LogP contribution in [-0.2, 0) is 10.0 Å². The van der Waals surface area contributed by atoms with Crippen LogP contribution in [0.1, 0.15) is 19.8 Å².